The maximum Gasteiger partial charge on any atom is 0.417 e. The summed E-state index contributed by atoms with van der Waals surface area (Å²) >= 11 is 0. The van der Waals surface area contributed by atoms with Gasteiger partial charge in [-0.3, -0.25) is 4.90 Å². The van der Waals surface area contributed by atoms with E-state index >= 15 is 0 Å². The first-order chi connectivity index (χ1) is 13.4. The highest BCUT2D eigenvalue weighted by molar-refractivity contribution is 5.90. The van der Waals surface area contributed by atoms with Crippen LogP contribution in [0.3, 0.4) is 0 Å². The highest BCUT2D eigenvalue weighted by Gasteiger charge is 2.50. The van der Waals surface area contributed by atoms with E-state index in [0.29, 0.717) is 5.69 Å². The molecule has 2 fully saturated rings. The molecule has 2 aliphatic rings. The summed E-state index contributed by atoms with van der Waals surface area (Å²) in [6.45, 7) is 12.2. The molecule has 1 aromatic carbocycles. The molecule has 162 valence electrons. The maximum absolute atomic E-state index is 12.7. The molecule has 2 heterocycles. The second-order valence-electron chi connectivity index (χ2n) is 9.36. The predicted molar refractivity (Wildman–Crippen MR) is 109 cm³/mol. The fourth-order valence-corrected chi connectivity index (χ4v) is 3.96. The van der Waals surface area contributed by atoms with Crippen LogP contribution in [0.4, 0.5) is 10.5 Å². The Morgan fingerprint density at radius 2 is 1.86 bits per heavy atom. The number of anilines is 1. The Morgan fingerprint density at radius 3 is 2.34 bits per heavy atom. The summed E-state index contributed by atoms with van der Waals surface area (Å²) in [6.07, 6.45) is -2.62. The lowest BCUT2D eigenvalue weighted by atomic mass is 9.87. The summed E-state index contributed by atoms with van der Waals surface area (Å²) in [5.41, 5.74) is 1.88. The van der Waals surface area contributed by atoms with Gasteiger partial charge in [0.15, 0.2) is 5.79 Å². The molecule has 0 aromatic heterocycles. The number of aliphatic hydroxyl groups is 1. The van der Waals surface area contributed by atoms with E-state index in [9.17, 15) is 9.90 Å². The topological polar surface area (TPSA) is 77.5 Å². The van der Waals surface area contributed by atoms with Gasteiger partial charge in [-0.05, 0) is 37.0 Å². The molecule has 2 aliphatic heterocycles. The normalized spacial score (nSPS) is 29.0. The van der Waals surface area contributed by atoms with E-state index in [1.165, 1.54) is 12.7 Å². The van der Waals surface area contributed by atoms with Crippen molar-refractivity contribution in [3.05, 3.63) is 29.8 Å². The summed E-state index contributed by atoms with van der Waals surface area (Å²) < 4.78 is 22.3. The van der Waals surface area contributed by atoms with E-state index in [1.54, 1.807) is 4.90 Å². The molecule has 0 spiro atoms. The van der Waals surface area contributed by atoms with E-state index in [0.717, 1.165) is 0 Å². The van der Waals surface area contributed by atoms with Gasteiger partial charge < -0.3 is 24.1 Å². The van der Waals surface area contributed by atoms with E-state index < -0.39 is 36.4 Å². The Labute approximate surface area is 172 Å². The number of amides is 1. The Hall–Kier alpha value is -1.67. The smallest absolute Gasteiger partial charge is 0.417 e. The van der Waals surface area contributed by atoms with Crippen LogP contribution in [0.25, 0.3) is 0 Å². The number of benzene rings is 1. The van der Waals surface area contributed by atoms with Gasteiger partial charge in [-0.2, -0.15) is 0 Å². The third kappa shape index (κ3) is 4.43. The van der Waals surface area contributed by atoms with Crippen molar-refractivity contribution in [1.29, 1.82) is 0 Å². The van der Waals surface area contributed by atoms with Gasteiger partial charge in [-0.15, -0.1) is 0 Å². The zero-order valence-electron chi connectivity index (χ0n) is 18.3. The van der Waals surface area contributed by atoms with Crippen molar-refractivity contribution in [3.63, 3.8) is 0 Å². The third-order valence-corrected chi connectivity index (χ3v) is 5.72. The first-order valence-corrected chi connectivity index (χ1v) is 10.1. The van der Waals surface area contributed by atoms with Gasteiger partial charge in [0, 0.05) is 18.7 Å². The van der Waals surface area contributed by atoms with E-state index in [-0.39, 0.29) is 17.9 Å². The average molecular weight is 408 g/mol. The summed E-state index contributed by atoms with van der Waals surface area (Å²) in [5.74, 6) is -1.12. The number of rotatable bonds is 5. The van der Waals surface area contributed by atoms with Crippen molar-refractivity contribution < 1.29 is 28.8 Å². The van der Waals surface area contributed by atoms with Crippen molar-refractivity contribution in [2.45, 2.75) is 77.3 Å². The predicted octanol–water partition coefficient (Wildman–Crippen LogP) is 3.43. The number of methoxy groups -OCH3 is 1. The maximum atomic E-state index is 12.7. The minimum Gasteiger partial charge on any atom is -0.417 e. The number of carbonyl (C=O) groups excluding carboxylic acids is 1. The lowest BCUT2D eigenvalue weighted by Crippen LogP contribution is -2.50. The highest BCUT2D eigenvalue weighted by atomic mass is 16.7. The van der Waals surface area contributed by atoms with Crippen molar-refractivity contribution in [1.82, 2.24) is 0 Å². The van der Waals surface area contributed by atoms with Gasteiger partial charge in [0.25, 0.3) is 0 Å². The first-order valence-electron chi connectivity index (χ1n) is 10.1. The quantitative estimate of drug-likeness (QED) is 0.806. The van der Waals surface area contributed by atoms with Gasteiger partial charge in [0.05, 0.1) is 12.7 Å². The van der Waals surface area contributed by atoms with Crippen molar-refractivity contribution in [3.8, 4) is 0 Å². The van der Waals surface area contributed by atoms with E-state index in [4.69, 9.17) is 18.9 Å². The SMILES string of the molecule is CO[C@@H]1OC(=O)N(c2ccc(C(C)(C)C)cc2)[C@H]1[C@H](C)[C@H](O)[C@H]1COC(C)(C)O1. The number of cyclic esters (lactones) is 1. The van der Waals surface area contributed by atoms with Crippen LogP contribution in [-0.2, 0) is 24.4 Å². The number of nitrogens with zero attached hydrogens (tertiary/aromatic N) is 1. The van der Waals surface area contributed by atoms with Crippen LogP contribution < -0.4 is 4.90 Å². The number of hydrogen-bond donors (Lipinski definition) is 1. The average Bonchev–Trinajstić information content (AvgIpc) is 3.18. The van der Waals surface area contributed by atoms with Crippen LogP contribution >= 0.6 is 0 Å². The Morgan fingerprint density at radius 1 is 1.24 bits per heavy atom. The molecule has 0 aliphatic carbocycles. The molecule has 1 N–H and O–H groups in total. The molecule has 29 heavy (non-hydrogen) atoms. The summed E-state index contributed by atoms with van der Waals surface area (Å²) in [5, 5.41) is 11.0. The third-order valence-electron chi connectivity index (χ3n) is 5.72. The molecule has 2 saturated heterocycles. The largest absolute Gasteiger partial charge is 0.417 e. The lowest BCUT2D eigenvalue weighted by Gasteiger charge is -2.34. The standard InChI is InChI=1S/C22H33NO6/c1-13(18(24)16-12-27-22(5,6)29-16)17-19(26-7)28-20(25)23(17)15-10-8-14(9-11-15)21(2,3)4/h8-11,13,16-19,24H,12H2,1-7H3/t13-,16+,17-,18-,19+/m0/s1. The molecule has 3 rings (SSSR count). The van der Waals surface area contributed by atoms with Gasteiger partial charge in [-0.25, -0.2) is 4.79 Å². The zero-order valence-corrected chi connectivity index (χ0v) is 18.3. The molecule has 0 bridgehead atoms. The Kier molecular flexibility index (Phi) is 5.98. The Bertz CT molecular complexity index is 726. The fraction of sp³-hybridized carbons (Fsp3) is 0.682. The van der Waals surface area contributed by atoms with Crippen LogP contribution in [-0.4, -0.2) is 55.2 Å². The van der Waals surface area contributed by atoms with Gasteiger partial charge in [0.1, 0.15) is 12.1 Å². The van der Waals surface area contributed by atoms with Crippen LogP contribution in [0.5, 0.6) is 0 Å². The number of hydrogen-bond acceptors (Lipinski definition) is 6. The number of carbonyl (C=O) groups is 1. The molecule has 0 unspecified atom stereocenters. The van der Waals surface area contributed by atoms with Gasteiger partial charge >= 0.3 is 6.09 Å². The molecule has 1 aromatic rings. The molecule has 0 radical (unpaired) electrons. The van der Waals surface area contributed by atoms with Crippen LogP contribution in [0, 0.1) is 5.92 Å². The number of aliphatic hydroxyl groups excluding tert-OH is 1. The van der Waals surface area contributed by atoms with Crippen molar-refractivity contribution >= 4 is 11.8 Å². The summed E-state index contributed by atoms with van der Waals surface area (Å²) in [6, 6.07) is 7.33. The van der Waals surface area contributed by atoms with Crippen LogP contribution in [0.2, 0.25) is 0 Å². The summed E-state index contributed by atoms with van der Waals surface area (Å²) in [7, 11) is 1.49. The molecule has 1 amide bonds. The van der Waals surface area contributed by atoms with Gasteiger partial charge in [-0.1, -0.05) is 39.8 Å². The Balaban J connectivity index is 1.86. The fourth-order valence-electron chi connectivity index (χ4n) is 3.96. The minimum atomic E-state index is -0.856. The lowest BCUT2D eigenvalue weighted by molar-refractivity contribution is -0.158. The van der Waals surface area contributed by atoms with E-state index in [2.05, 4.69) is 20.8 Å². The summed E-state index contributed by atoms with van der Waals surface area (Å²) in [4.78, 5) is 14.2. The molecule has 5 atom stereocenters. The van der Waals surface area contributed by atoms with Crippen molar-refractivity contribution in [2.75, 3.05) is 18.6 Å². The molecule has 7 heteroatoms. The van der Waals surface area contributed by atoms with Crippen LogP contribution in [0.1, 0.15) is 47.1 Å². The molecule has 0 saturated carbocycles. The highest BCUT2D eigenvalue weighted by Crippen LogP contribution is 2.36. The van der Waals surface area contributed by atoms with Crippen LogP contribution in [0.15, 0.2) is 24.3 Å². The second kappa shape index (κ2) is 7.87. The van der Waals surface area contributed by atoms with E-state index in [1.807, 2.05) is 45.0 Å². The number of ether oxygens (including phenoxy) is 4. The zero-order chi connectivity index (χ0) is 21.6. The monoisotopic (exact) mass is 407 g/mol. The molecule has 7 nitrogen and oxygen atoms in total. The molecular weight excluding hydrogens is 374 g/mol. The van der Waals surface area contributed by atoms with Gasteiger partial charge in [0.2, 0.25) is 6.29 Å². The first kappa shape index (κ1) is 22.0. The second-order valence-corrected chi connectivity index (χ2v) is 9.36. The molecular formula is C22H33NO6. The minimum absolute atomic E-state index is 0.00855. The van der Waals surface area contributed by atoms with Crippen molar-refractivity contribution in [2.24, 2.45) is 5.92 Å².